The van der Waals surface area contributed by atoms with Crippen LogP contribution in [0, 0.1) is 0 Å². The van der Waals surface area contributed by atoms with Crippen molar-refractivity contribution in [3.05, 3.63) is 0 Å². The maximum atomic E-state index is 12.1. The molecule has 2 rings (SSSR count). The van der Waals surface area contributed by atoms with Crippen LogP contribution in [-0.4, -0.2) is 72.7 Å². The number of hydrogen-bond acceptors (Lipinski definition) is 9. The smallest absolute Gasteiger partial charge is 0.329 e. The second kappa shape index (κ2) is 7.99. The number of amides is 4. The molecule has 0 unspecified atom stereocenters. The third-order valence-electron chi connectivity index (χ3n) is 3.52. The van der Waals surface area contributed by atoms with Gasteiger partial charge >= 0.3 is 30.0 Å². The minimum atomic E-state index is -1.28. The van der Waals surface area contributed by atoms with E-state index < -0.39 is 54.5 Å². The average molecular weight is 373 g/mol. The average Bonchev–Trinajstić information content (AvgIpc) is 2.50. The van der Waals surface area contributed by atoms with Gasteiger partial charge in [0, 0.05) is 20.8 Å². The zero-order chi connectivity index (χ0) is 19.4. The fourth-order valence-electron chi connectivity index (χ4n) is 2.64. The van der Waals surface area contributed by atoms with Gasteiger partial charge in [0.25, 0.3) is 0 Å². The summed E-state index contributed by atoms with van der Waals surface area (Å²) < 4.78 is 21.0. The highest BCUT2D eigenvalue weighted by Crippen LogP contribution is 2.27. The molecule has 2 saturated heterocycles. The molecule has 2 heterocycles. The Morgan fingerprint density at radius 2 is 1.58 bits per heavy atom. The summed E-state index contributed by atoms with van der Waals surface area (Å²) in [6.07, 6.45) is -4.71. The molecule has 0 aromatic heterocycles. The summed E-state index contributed by atoms with van der Waals surface area (Å²) in [6.45, 7) is 2.96. The third kappa shape index (κ3) is 4.59. The monoisotopic (exact) mass is 373 g/mol. The van der Waals surface area contributed by atoms with Crippen molar-refractivity contribution in [3.8, 4) is 0 Å². The van der Waals surface area contributed by atoms with E-state index in [1.807, 2.05) is 5.32 Å². The van der Waals surface area contributed by atoms with Crippen LogP contribution in [-0.2, 0) is 33.3 Å². The molecule has 2 aliphatic rings. The van der Waals surface area contributed by atoms with Gasteiger partial charge in [-0.15, -0.1) is 0 Å². The van der Waals surface area contributed by atoms with Crippen LogP contribution in [0.25, 0.3) is 0 Å². The van der Waals surface area contributed by atoms with Gasteiger partial charge in [0.05, 0.1) is 13.3 Å². The molecule has 0 aliphatic carbocycles. The summed E-state index contributed by atoms with van der Waals surface area (Å²) in [7, 11) is 0. The molecule has 4 amide bonds. The zero-order valence-electron chi connectivity index (χ0n) is 14.3. The van der Waals surface area contributed by atoms with E-state index in [9.17, 15) is 24.0 Å². The van der Waals surface area contributed by atoms with Gasteiger partial charge in [-0.05, 0) is 0 Å². The molecule has 26 heavy (non-hydrogen) atoms. The molecule has 2 aliphatic heterocycles. The van der Waals surface area contributed by atoms with Crippen LogP contribution >= 0.6 is 0 Å². The Balaban J connectivity index is 2.30. The molecule has 4 atom stereocenters. The molecule has 0 bridgehead atoms. The lowest BCUT2D eigenvalue weighted by molar-refractivity contribution is -0.244. The van der Waals surface area contributed by atoms with E-state index >= 15 is 0 Å². The summed E-state index contributed by atoms with van der Waals surface area (Å²) in [5, 5.41) is 4.40. The summed E-state index contributed by atoms with van der Waals surface area (Å²) in [6, 6.07) is -1.48. The fraction of sp³-hybridized carbons (Fsp3) is 0.643. The molecule has 12 nitrogen and oxygen atoms in total. The van der Waals surface area contributed by atoms with Crippen molar-refractivity contribution in [3.63, 3.8) is 0 Å². The third-order valence-corrected chi connectivity index (χ3v) is 3.52. The summed E-state index contributed by atoms with van der Waals surface area (Å²) in [5.74, 6) is -2.09. The van der Waals surface area contributed by atoms with Gasteiger partial charge < -0.3 is 24.3 Å². The van der Waals surface area contributed by atoms with Crippen molar-refractivity contribution in [1.29, 1.82) is 0 Å². The first-order chi connectivity index (χ1) is 12.2. The summed E-state index contributed by atoms with van der Waals surface area (Å²) >= 11 is 0. The molecular formula is C14H19N3O9. The van der Waals surface area contributed by atoms with E-state index in [2.05, 4.69) is 5.32 Å². The number of ether oxygens (including phenoxy) is 4. The summed E-state index contributed by atoms with van der Waals surface area (Å²) in [5.41, 5.74) is 0. The van der Waals surface area contributed by atoms with Crippen molar-refractivity contribution >= 4 is 30.0 Å². The fourth-order valence-corrected chi connectivity index (χ4v) is 2.64. The normalized spacial score (nSPS) is 28.5. The number of carbonyl (C=O) groups excluding carboxylic acids is 5. The second-order valence-electron chi connectivity index (χ2n) is 5.58. The molecule has 0 radical (unpaired) electrons. The van der Waals surface area contributed by atoms with Crippen molar-refractivity contribution in [1.82, 2.24) is 15.5 Å². The molecule has 12 heteroatoms. The van der Waals surface area contributed by atoms with Gasteiger partial charge in [0.1, 0.15) is 0 Å². The predicted molar refractivity (Wildman–Crippen MR) is 80.2 cm³/mol. The Morgan fingerprint density at radius 3 is 2.12 bits per heavy atom. The first-order valence-electron chi connectivity index (χ1n) is 7.67. The quantitative estimate of drug-likeness (QED) is 0.459. The Morgan fingerprint density at radius 1 is 1.00 bits per heavy atom. The Bertz CT molecular complexity index is 623. The van der Waals surface area contributed by atoms with Crippen LogP contribution in [0.5, 0.6) is 0 Å². The highest BCUT2D eigenvalue weighted by molar-refractivity contribution is 5.95. The van der Waals surface area contributed by atoms with E-state index in [0.29, 0.717) is 0 Å². The lowest BCUT2D eigenvalue weighted by Gasteiger charge is -2.45. The molecule has 0 spiro atoms. The van der Waals surface area contributed by atoms with Crippen LogP contribution in [0.4, 0.5) is 9.59 Å². The molecular weight excluding hydrogens is 354 g/mol. The van der Waals surface area contributed by atoms with Crippen molar-refractivity contribution in [2.24, 2.45) is 0 Å². The standard InChI is InChI=1S/C14H19N3O9/c1-6(18)24-9-4-23-12(17-5-15-13(21)16-14(17)22)11(26-8(3)20)10(9)25-7(2)19/h9-12H,4-5H2,1-3H3,(H2,15,16,21,22)/t9-,10+,11-,12-/m1/s1. The van der Waals surface area contributed by atoms with Gasteiger partial charge in [0.2, 0.25) is 0 Å². The van der Waals surface area contributed by atoms with Gasteiger partial charge in [-0.1, -0.05) is 0 Å². The Hall–Kier alpha value is -2.89. The van der Waals surface area contributed by atoms with Crippen LogP contribution < -0.4 is 10.6 Å². The molecule has 0 saturated carbocycles. The highest BCUT2D eigenvalue weighted by atomic mass is 16.6. The first-order valence-corrected chi connectivity index (χ1v) is 7.67. The maximum absolute atomic E-state index is 12.1. The lowest BCUT2D eigenvalue weighted by atomic mass is 10.0. The minimum absolute atomic E-state index is 0.224. The maximum Gasteiger partial charge on any atom is 0.329 e. The van der Waals surface area contributed by atoms with Crippen LogP contribution in [0.15, 0.2) is 0 Å². The van der Waals surface area contributed by atoms with Crippen molar-refractivity contribution in [2.45, 2.75) is 45.3 Å². The number of imide groups is 1. The van der Waals surface area contributed by atoms with Crippen molar-refractivity contribution in [2.75, 3.05) is 13.3 Å². The summed E-state index contributed by atoms with van der Waals surface area (Å²) in [4.78, 5) is 58.6. The van der Waals surface area contributed by atoms with Crippen LogP contribution in [0.2, 0.25) is 0 Å². The molecule has 144 valence electrons. The van der Waals surface area contributed by atoms with Crippen LogP contribution in [0.3, 0.4) is 0 Å². The molecule has 2 fully saturated rings. The van der Waals surface area contributed by atoms with Gasteiger partial charge in [-0.2, -0.15) is 0 Å². The second-order valence-corrected chi connectivity index (χ2v) is 5.58. The van der Waals surface area contributed by atoms with Gasteiger partial charge in [-0.3, -0.25) is 24.6 Å². The highest BCUT2D eigenvalue weighted by Gasteiger charge is 2.50. The Labute approximate surface area is 148 Å². The molecule has 0 aromatic carbocycles. The van der Waals surface area contributed by atoms with E-state index in [-0.39, 0.29) is 13.3 Å². The zero-order valence-corrected chi connectivity index (χ0v) is 14.3. The molecule has 0 aromatic rings. The number of nitrogens with zero attached hydrogens (tertiary/aromatic N) is 1. The van der Waals surface area contributed by atoms with E-state index in [0.717, 1.165) is 25.7 Å². The van der Waals surface area contributed by atoms with Crippen molar-refractivity contribution < 1.29 is 42.9 Å². The lowest BCUT2D eigenvalue weighted by Crippen LogP contribution is -2.68. The number of nitrogens with one attached hydrogen (secondary N) is 2. The Kier molecular flexibility index (Phi) is 5.97. The predicted octanol–water partition coefficient (Wildman–Crippen LogP) is -1.17. The number of carbonyl (C=O) groups is 5. The molecule has 2 N–H and O–H groups in total. The van der Waals surface area contributed by atoms with E-state index in [1.54, 1.807) is 0 Å². The topological polar surface area (TPSA) is 150 Å². The number of esters is 3. The number of hydrogen-bond donors (Lipinski definition) is 2. The minimum Gasteiger partial charge on any atom is -0.456 e. The van der Waals surface area contributed by atoms with Gasteiger partial charge in [0.15, 0.2) is 24.5 Å². The van der Waals surface area contributed by atoms with E-state index in [1.165, 1.54) is 0 Å². The number of rotatable bonds is 4. The number of urea groups is 2. The first kappa shape index (κ1) is 19.4. The SMILES string of the molecule is CC(=O)O[C@@H]1[C@@H](OC(C)=O)[C@H](OC(C)=O)CO[C@H]1N1CNC(=O)NC1=O. The largest absolute Gasteiger partial charge is 0.456 e. The van der Waals surface area contributed by atoms with Crippen LogP contribution in [0.1, 0.15) is 20.8 Å². The van der Waals surface area contributed by atoms with Gasteiger partial charge in [-0.25, -0.2) is 9.59 Å². The van der Waals surface area contributed by atoms with E-state index in [4.69, 9.17) is 18.9 Å².